The van der Waals surface area contributed by atoms with Crippen LogP contribution < -0.4 is 11.1 Å². The van der Waals surface area contributed by atoms with Crippen molar-refractivity contribution in [3.05, 3.63) is 47.1 Å². The number of benzene rings is 1. The lowest BCUT2D eigenvalue weighted by atomic mass is 10.1. The van der Waals surface area contributed by atoms with Crippen molar-refractivity contribution in [2.45, 2.75) is 56.8 Å². The van der Waals surface area contributed by atoms with Gasteiger partial charge in [-0.15, -0.1) is 0 Å². The van der Waals surface area contributed by atoms with Crippen LogP contribution in [0.25, 0.3) is 11.3 Å². The number of nitrogens with two attached hydrogens (primary N) is 1. The molecule has 0 radical (unpaired) electrons. The predicted octanol–water partition coefficient (Wildman–Crippen LogP) is 5.39. The molecule has 246 valence electrons. The molecule has 2 fully saturated rings. The summed E-state index contributed by atoms with van der Waals surface area (Å²) in [5.74, 6) is -0.750. The van der Waals surface area contributed by atoms with E-state index < -0.39 is 36.3 Å². The van der Waals surface area contributed by atoms with Crippen molar-refractivity contribution < 1.29 is 31.5 Å². The summed E-state index contributed by atoms with van der Waals surface area (Å²) in [5, 5.41) is 6.28. The third-order valence-corrected chi connectivity index (χ3v) is 9.21. The van der Waals surface area contributed by atoms with Crippen LogP contribution in [0.3, 0.4) is 0 Å². The number of hydrogen-bond donors (Lipinski definition) is 2. The number of rotatable bonds is 8. The van der Waals surface area contributed by atoms with Crippen LogP contribution in [0.1, 0.15) is 43.0 Å². The number of aromatic nitrogens is 4. The van der Waals surface area contributed by atoms with Gasteiger partial charge >= 0.3 is 6.18 Å². The minimum Gasteiger partial charge on any atom is -0.340 e. The molecule has 10 nitrogen and oxygen atoms in total. The number of piperazine rings is 1. The molecule has 1 saturated carbocycles. The second-order valence-electron chi connectivity index (χ2n) is 10.7. The third kappa shape index (κ3) is 7.96. The SMILES string of the molecule is C.Cn1c(-c2cn(CC(F)F)nc2C(F)(F)F)cnc1C(=O)Nc1ccc(SN2CCN(C(=O)[C@H]3CC[C@@H](N)C3)CC2)c(Cl)c1. The van der Waals surface area contributed by atoms with E-state index in [0.29, 0.717) is 41.6 Å². The first-order valence-electron chi connectivity index (χ1n) is 13.8. The van der Waals surface area contributed by atoms with Crippen LogP contribution in [0.5, 0.6) is 0 Å². The highest BCUT2D eigenvalue weighted by molar-refractivity contribution is 7.97. The molecule has 1 aliphatic carbocycles. The summed E-state index contributed by atoms with van der Waals surface area (Å²) in [7, 11) is 1.34. The molecular formula is C28H34ClF5N8O2S. The van der Waals surface area contributed by atoms with Gasteiger partial charge in [0.25, 0.3) is 12.3 Å². The Labute approximate surface area is 266 Å². The molecule has 3 N–H and O–H groups in total. The van der Waals surface area contributed by atoms with Gasteiger partial charge in [0.1, 0.15) is 6.54 Å². The largest absolute Gasteiger partial charge is 0.435 e. The lowest BCUT2D eigenvalue weighted by Crippen LogP contribution is -2.48. The quantitative estimate of drug-likeness (QED) is 0.243. The zero-order valence-electron chi connectivity index (χ0n) is 23.5. The van der Waals surface area contributed by atoms with E-state index in [1.807, 2.05) is 4.90 Å². The van der Waals surface area contributed by atoms with Gasteiger partial charge in [-0.1, -0.05) is 19.0 Å². The van der Waals surface area contributed by atoms with Crippen molar-refractivity contribution in [3.63, 3.8) is 0 Å². The third-order valence-electron chi connectivity index (χ3n) is 7.61. The first-order valence-corrected chi connectivity index (χ1v) is 15.0. The van der Waals surface area contributed by atoms with E-state index in [1.54, 1.807) is 18.2 Å². The molecular weight excluding hydrogens is 643 g/mol. The Hall–Kier alpha value is -3.21. The highest BCUT2D eigenvalue weighted by atomic mass is 35.5. The van der Waals surface area contributed by atoms with E-state index in [1.165, 1.54) is 19.0 Å². The maximum Gasteiger partial charge on any atom is 0.435 e. The van der Waals surface area contributed by atoms with Gasteiger partial charge in [0.15, 0.2) is 11.5 Å². The zero-order valence-corrected chi connectivity index (χ0v) is 25.1. The fraction of sp³-hybridized carbons (Fsp3) is 0.500. The van der Waals surface area contributed by atoms with Crippen molar-refractivity contribution >= 4 is 41.1 Å². The summed E-state index contributed by atoms with van der Waals surface area (Å²) in [4.78, 5) is 32.4. The van der Waals surface area contributed by atoms with Gasteiger partial charge in [0.2, 0.25) is 5.91 Å². The number of nitrogens with zero attached hydrogens (tertiary/aromatic N) is 6. The molecule has 1 aliphatic heterocycles. The van der Waals surface area contributed by atoms with Crippen molar-refractivity contribution in [1.82, 2.24) is 28.5 Å². The summed E-state index contributed by atoms with van der Waals surface area (Å²) in [5.41, 5.74) is 4.33. The van der Waals surface area contributed by atoms with Crippen molar-refractivity contribution in [1.29, 1.82) is 0 Å². The van der Waals surface area contributed by atoms with Gasteiger partial charge in [-0.3, -0.25) is 14.3 Å². The van der Waals surface area contributed by atoms with E-state index >= 15 is 0 Å². The second kappa shape index (κ2) is 14.1. The molecule has 2 aromatic heterocycles. The lowest BCUT2D eigenvalue weighted by molar-refractivity contribution is -0.141. The number of hydrogen-bond acceptors (Lipinski definition) is 7. The van der Waals surface area contributed by atoms with Gasteiger partial charge < -0.3 is 20.5 Å². The Morgan fingerprint density at radius 2 is 1.89 bits per heavy atom. The minimum absolute atomic E-state index is 0. The minimum atomic E-state index is -4.92. The van der Waals surface area contributed by atoms with Crippen LogP contribution in [-0.2, 0) is 24.6 Å². The highest BCUT2D eigenvalue weighted by Gasteiger charge is 2.39. The molecule has 0 unspecified atom stereocenters. The molecule has 1 saturated heterocycles. The first-order chi connectivity index (χ1) is 20.8. The molecule has 2 aliphatic rings. The summed E-state index contributed by atoms with van der Waals surface area (Å²) < 4.78 is 70.1. The van der Waals surface area contributed by atoms with Crippen LogP contribution >= 0.6 is 23.5 Å². The molecule has 45 heavy (non-hydrogen) atoms. The van der Waals surface area contributed by atoms with Crippen LogP contribution in [0.4, 0.5) is 27.6 Å². The Kier molecular flexibility index (Phi) is 10.8. The molecule has 0 bridgehead atoms. The smallest absolute Gasteiger partial charge is 0.340 e. The number of anilines is 1. The van der Waals surface area contributed by atoms with E-state index in [9.17, 15) is 31.5 Å². The number of alkyl halides is 5. The standard InChI is InChI=1S/C27H30ClF5N8O2S.CH4/c1-38-20(18-13-40(14-22(29)30)37-23(18)27(31,32)33)12-35-24(38)25(42)36-17-4-5-21(19(28)11-17)44-41-8-6-39(7-9-41)26(43)15-2-3-16(34)10-15;/h4-5,11-13,15-16,22H,2-3,6-10,14,34H2,1H3,(H,36,42);1H4/t15-,16+;/m0./s1. The Morgan fingerprint density at radius 1 is 1.18 bits per heavy atom. The summed E-state index contributed by atoms with van der Waals surface area (Å²) in [6, 6.07) is 5.01. The average Bonchev–Trinajstić information content (AvgIpc) is 3.68. The second-order valence-corrected chi connectivity index (χ2v) is 12.3. The summed E-state index contributed by atoms with van der Waals surface area (Å²) >= 11 is 7.95. The van der Waals surface area contributed by atoms with E-state index in [4.69, 9.17) is 17.3 Å². The number of imidazole rings is 1. The van der Waals surface area contributed by atoms with Gasteiger partial charge in [0.05, 0.1) is 22.5 Å². The van der Waals surface area contributed by atoms with Crippen LogP contribution in [0, 0.1) is 5.92 Å². The maximum atomic E-state index is 13.6. The fourth-order valence-corrected chi connectivity index (χ4v) is 6.58. The topological polar surface area (TPSA) is 114 Å². The summed E-state index contributed by atoms with van der Waals surface area (Å²) in [6.07, 6.45) is -3.46. The maximum absolute atomic E-state index is 13.6. The van der Waals surface area contributed by atoms with E-state index in [2.05, 4.69) is 19.7 Å². The highest BCUT2D eigenvalue weighted by Crippen LogP contribution is 2.37. The number of nitrogens with one attached hydrogen (secondary N) is 1. The number of amides is 2. The van der Waals surface area contributed by atoms with E-state index in [-0.39, 0.29) is 36.8 Å². The van der Waals surface area contributed by atoms with E-state index in [0.717, 1.165) is 41.1 Å². The van der Waals surface area contributed by atoms with Crippen molar-refractivity contribution in [3.8, 4) is 11.3 Å². The van der Waals surface area contributed by atoms with Crippen LogP contribution in [0.15, 0.2) is 35.5 Å². The molecule has 3 heterocycles. The Morgan fingerprint density at radius 3 is 2.49 bits per heavy atom. The average molecular weight is 677 g/mol. The van der Waals surface area contributed by atoms with Crippen LogP contribution in [0.2, 0.25) is 5.02 Å². The summed E-state index contributed by atoms with van der Waals surface area (Å²) in [6.45, 7) is 1.50. The number of carbonyl (C=O) groups is 2. The lowest BCUT2D eigenvalue weighted by Gasteiger charge is -2.35. The van der Waals surface area contributed by atoms with Crippen LogP contribution in [-0.4, -0.2) is 79.0 Å². The molecule has 1 aromatic carbocycles. The molecule has 3 aromatic rings. The monoisotopic (exact) mass is 676 g/mol. The molecule has 2 amide bonds. The van der Waals surface area contributed by atoms with Crippen molar-refractivity contribution in [2.75, 3.05) is 31.5 Å². The normalized spacial score (nSPS) is 19.2. The van der Waals surface area contributed by atoms with Gasteiger partial charge in [-0.25, -0.2) is 18.1 Å². The molecule has 0 spiro atoms. The predicted molar refractivity (Wildman–Crippen MR) is 161 cm³/mol. The van der Waals surface area contributed by atoms with Gasteiger partial charge in [-0.2, -0.15) is 18.3 Å². The molecule has 2 atom stereocenters. The Bertz CT molecular complexity index is 1520. The Balaban J connectivity index is 0.00000461. The molecule has 5 rings (SSSR count). The fourth-order valence-electron chi connectivity index (χ4n) is 5.40. The van der Waals surface area contributed by atoms with Gasteiger partial charge in [-0.05, 0) is 49.4 Å². The van der Waals surface area contributed by atoms with Gasteiger partial charge in [0, 0.05) is 62.0 Å². The zero-order chi connectivity index (χ0) is 31.8. The van der Waals surface area contributed by atoms with Crippen molar-refractivity contribution in [2.24, 2.45) is 18.7 Å². The number of halogens is 6. The molecule has 17 heteroatoms. The number of carbonyl (C=O) groups excluding carboxylic acids is 2. The first kappa shape index (κ1) is 34.7.